The van der Waals surface area contributed by atoms with Crippen LogP contribution in [0.15, 0.2) is 127 Å². The Morgan fingerprint density at radius 3 is 1.43 bits per heavy atom. The van der Waals surface area contributed by atoms with Crippen LogP contribution in [0.4, 0.5) is 48.1 Å². The third-order valence-electron chi connectivity index (χ3n) is 21.2. The lowest BCUT2D eigenvalue weighted by Gasteiger charge is -2.40. The first-order chi connectivity index (χ1) is 52.3. The summed E-state index contributed by atoms with van der Waals surface area (Å²) in [5.41, 5.74) is 22.5. The molecule has 0 spiro atoms. The molecule has 109 heavy (non-hydrogen) atoms. The second kappa shape index (κ2) is 35.5. The molecule has 15 rings (SSSR count). The lowest BCUT2D eigenvalue weighted by atomic mass is 9.75. The largest absolute Gasteiger partial charge is 0.427 e. The minimum absolute atomic E-state index is 0. The van der Waals surface area contributed by atoms with Gasteiger partial charge >= 0.3 is 0 Å². The number of nitrogens with zero attached hydrogens (tertiary/aromatic N) is 18. The fourth-order valence-electron chi connectivity index (χ4n) is 14.4. The number of hydrogen-bond donors (Lipinski definition) is 8. The van der Waals surface area contributed by atoms with E-state index >= 15 is 13.2 Å². The first-order valence-corrected chi connectivity index (χ1v) is 36.9. The molecule has 3 aromatic carbocycles. The van der Waals surface area contributed by atoms with Crippen LogP contribution in [0.2, 0.25) is 0 Å². The highest BCUT2D eigenvalue weighted by atomic mass is 19.1. The number of carbonyl (C=O) groups excluding carboxylic acids is 3. The standard InChI is InChI=1S/C25H32FN9O.2C25H31FN8O2.CH4/c1-17-2-4-18(5-3-17)13-35(19-6-7-19)24-22(26)23(29-16-30-24)28-15-25(20-12-31-33-32-20)8-10-34(11-9-25)14-21(27)36;1-17-2-4-18(5-3-17)12-34(19-6-7-19)23-21(26)22(29-15-30-23)28-14-25(24-32-31-16-36-24)8-10-33(11-9-25)13-20(27)35;26-23-24(28-12-18-8-11-32(14-21(18)35)15-22(27)36)29-16-30-25(23)33(19-6-7-19)13-17-2-4-20(5-3-17)34-10-1-9-31-34;/h2-5,12,16,19H,6-11,13-15H2,1H3,(H2,27,36)(H,28,29,30)(H,31,32,33);2-5,15-16,19H,6-14H2,1H3,(H2,27,35)(H,28,29,30);1-5,9-10,16,18-19,21,35H,6-8,11-15H2,(H2,27,36)(H,28,29,30);1H4/t;;18-,21+;/m..1./s1. The van der Waals surface area contributed by atoms with E-state index in [1.165, 1.54) is 36.5 Å². The molecule has 3 aliphatic heterocycles. The number of amides is 3. The molecule has 3 saturated heterocycles. The van der Waals surface area contributed by atoms with Crippen LogP contribution in [-0.2, 0) is 44.8 Å². The van der Waals surface area contributed by atoms with Crippen molar-refractivity contribution < 1.29 is 37.1 Å². The van der Waals surface area contributed by atoms with Gasteiger partial charge < -0.3 is 57.4 Å². The van der Waals surface area contributed by atoms with Crippen molar-refractivity contribution in [1.29, 1.82) is 0 Å². The molecule has 2 atom stereocenters. The van der Waals surface area contributed by atoms with Crippen LogP contribution in [0.5, 0.6) is 0 Å². The topological polar surface area (TPSA) is 381 Å². The number of likely N-dealkylation sites (tertiary alicyclic amines) is 3. The smallest absolute Gasteiger partial charge is 0.231 e. The zero-order valence-corrected chi connectivity index (χ0v) is 60.8. The van der Waals surface area contributed by atoms with Gasteiger partial charge in [0.15, 0.2) is 34.9 Å². The molecule has 9 aromatic rings. The molecule has 6 aromatic heterocycles. The van der Waals surface area contributed by atoms with Crippen LogP contribution in [-0.4, -0.2) is 206 Å². The number of nitrogens with two attached hydrogens (primary N) is 3. The molecule has 0 radical (unpaired) electrons. The Bertz CT molecular complexity index is 4220. The van der Waals surface area contributed by atoms with Gasteiger partial charge in [0.1, 0.15) is 19.0 Å². The highest BCUT2D eigenvalue weighted by Gasteiger charge is 2.43. The number of nitrogens with one attached hydrogen (secondary N) is 4. The zero-order valence-electron chi connectivity index (χ0n) is 60.8. The Kier molecular flexibility index (Phi) is 25.4. The summed E-state index contributed by atoms with van der Waals surface area (Å²) in [7, 11) is 0. The number of aliphatic hydroxyl groups is 1. The first kappa shape index (κ1) is 77.8. The average Bonchev–Trinajstić information content (AvgIpc) is 1.79. The van der Waals surface area contributed by atoms with Crippen molar-refractivity contribution in [2.45, 2.75) is 147 Å². The molecule has 9 heterocycles. The highest BCUT2D eigenvalue weighted by Crippen LogP contribution is 2.41. The second-order valence-corrected chi connectivity index (χ2v) is 29.3. The summed E-state index contributed by atoms with van der Waals surface area (Å²) in [5, 5.41) is 43.3. The van der Waals surface area contributed by atoms with E-state index in [9.17, 15) is 19.5 Å². The van der Waals surface area contributed by atoms with E-state index in [-0.39, 0.29) is 91.6 Å². The normalized spacial score (nSPS) is 18.3. The number of aromatic amines is 1. The number of anilines is 6. The number of benzene rings is 3. The van der Waals surface area contributed by atoms with Gasteiger partial charge in [0.05, 0.1) is 48.7 Å². The number of piperidine rings is 3. The monoisotopic (exact) mass is 1500 g/mol. The molecule has 0 unspecified atom stereocenters. The Labute approximate surface area is 631 Å². The number of aliphatic hydroxyl groups excluding tert-OH is 1. The summed E-state index contributed by atoms with van der Waals surface area (Å²) >= 11 is 0. The van der Waals surface area contributed by atoms with Gasteiger partial charge in [-0.2, -0.15) is 33.7 Å². The van der Waals surface area contributed by atoms with Gasteiger partial charge in [0.2, 0.25) is 47.5 Å². The number of aromatic nitrogens is 13. The molecule has 30 nitrogen and oxygen atoms in total. The Balaban J connectivity index is 0.000000152. The lowest BCUT2D eigenvalue weighted by Crippen LogP contribution is -2.48. The number of H-pyrrole nitrogens is 1. The van der Waals surface area contributed by atoms with E-state index in [0.717, 1.165) is 79.4 Å². The van der Waals surface area contributed by atoms with Gasteiger partial charge in [-0.15, -0.1) is 10.2 Å². The van der Waals surface area contributed by atoms with Crippen molar-refractivity contribution in [3.05, 3.63) is 180 Å². The first-order valence-electron chi connectivity index (χ1n) is 36.9. The van der Waals surface area contributed by atoms with Crippen molar-refractivity contribution >= 4 is 52.6 Å². The summed E-state index contributed by atoms with van der Waals surface area (Å²) in [6.45, 7) is 11.2. The molecule has 3 amide bonds. The van der Waals surface area contributed by atoms with Gasteiger partial charge in [0.25, 0.3) is 0 Å². The summed E-state index contributed by atoms with van der Waals surface area (Å²) in [6.07, 6.45) is 19.7. The third kappa shape index (κ3) is 20.1. The quantitative estimate of drug-likeness (QED) is 0.0231. The summed E-state index contributed by atoms with van der Waals surface area (Å²) in [4.78, 5) is 71.3. The number of rotatable bonds is 30. The number of hydrogen-bond acceptors (Lipinski definition) is 25. The molecule has 6 aliphatic rings. The highest BCUT2D eigenvalue weighted by molar-refractivity contribution is 5.76. The predicted octanol–water partition coefficient (Wildman–Crippen LogP) is 6.74. The molecular formula is C76H98F3N25O5. The summed E-state index contributed by atoms with van der Waals surface area (Å²) < 4.78 is 54.5. The predicted molar refractivity (Wildman–Crippen MR) is 405 cm³/mol. The number of primary amides is 3. The fraction of sp³-hybridized carbons (Fsp3) is 0.474. The maximum Gasteiger partial charge on any atom is 0.231 e. The fourth-order valence-corrected chi connectivity index (χ4v) is 14.4. The van der Waals surface area contributed by atoms with Crippen molar-refractivity contribution in [2.75, 3.05) is 109 Å². The van der Waals surface area contributed by atoms with Crippen molar-refractivity contribution in [3.63, 3.8) is 0 Å². The molecule has 3 aliphatic carbocycles. The Morgan fingerprint density at radius 2 is 1.03 bits per heavy atom. The van der Waals surface area contributed by atoms with Gasteiger partial charge in [-0.1, -0.05) is 79.2 Å². The van der Waals surface area contributed by atoms with Crippen LogP contribution >= 0.6 is 0 Å². The van der Waals surface area contributed by atoms with Gasteiger partial charge in [0, 0.05) is 87.7 Å². The Morgan fingerprint density at radius 1 is 0.587 bits per heavy atom. The van der Waals surface area contributed by atoms with E-state index in [1.54, 1.807) is 17.1 Å². The number of β-amino-alcohol motifs (C(OH)–C–C–N with tert-alkyl or cyclic N) is 1. The molecule has 6 fully saturated rings. The molecular weight excluding hydrogens is 1400 g/mol. The number of aryl methyl sites for hydroxylation is 2. The maximum absolute atomic E-state index is 15.8. The lowest BCUT2D eigenvalue weighted by molar-refractivity contribution is -0.120. The van der Waals surface area contributed by atoms with Crippen LogP contribution in [0.1, 0.15) is 117 Å². The van der Waals surface area contributed by atoms with E-state index in [4.69, 9.17) is 21.6 Å². The van der Waals surface area contributed by atoms with E-state index in [0.29, 0.717) is 115 Å². The Hall–Kier alpha value is -10.8. The second-order valence-electron chi connectivity index (χ2n) is 29.3. The van der Waals surface area contributed by atoms with Crippen LogP contribution in [0.3, 0.4) is 0 Å². The number of carbonyl (C=O) groups is 3. The van der Waals surface area contributed by atoms with Gasteiger partial charge in [-0.05, 0) is 152 Å². The third-order valence-corrected chi connectivity index (χ3v) is 21.2. The van der Waals surface area contributed by atoms with E-state index in [1.807, 2.05) is 72.9 Å². The van der Waals surface area contributed by atoms with E-state index < -0.39 is 34.9 Å². The van der Waals surface area contributed by atoms with Crippen LogP contribution in [0.25, 0.3) is 5.69 Å². The minimum Gasteiger partial charge on any atom is -0.427 e. The molecule has 3 saturated carbocycles. The SMILES string of the molecule is C.Cc1ccc(CN(c2ncnc(NCC3(c4cn[nH]n4)CCN(CC(N)=O)CC3)c2F)C2CC2)cc1.Cc1ccc(CN(c2ncnc(NCC3(c4nnco4)CCN(CC(N)=O)CC3)c2F)C2CC2)cc1.NC(=O)CN1CC[C@H](CNc2ncnc(N(Cc3ccc(-n4cccn4)cc3)C3CC3)c2F)[C@@H](O)C1. The zero-order chi connectivity index (χ0) is 75.3. The van der Waals surface area contributed by atoms with Crippen LogP contribution in [0, 0.1) is 37.2 Å². The molecule has 33 heteroatoms. The minimum atomic E-state index is -0.636. The van der Waals surface area contributed by atoms with Crippen molar-refractivity contribution in [2.24, 2.45) is 23.1 Å². The van der Waals surface area contributed by atoms with Gasteiger partial charge in [-0.25, -0.2) is 34.6 Å². The molecule has 11 N–H and O–H groups in total. The summed E-state index contributed by atoms with van der Waals surface area (Å²) in [6, 6.07) is 27.3. The summed E-state index contributed by atoms with van der Waals surface area (Å²) in [5.74, 6) is -0.756. The molecule has 578 valence electrons. The van der Waals surface area contributed by atoms with Crippen molar-refractivity contribution in [1.82, 2.24) is 80.0 Å². The maximum atomic E-state index is 15.8. The van der Waals surface area contributed by atoms with E-state index in [2.05, 4.69) is 132 Å². The molecule has 0 bridgehead atoms. The van der Waals surface area contributed by atoms with Gasteiger partial charge in [-0.3, -0.25) is 29.1 Å². The average molecular weight is 1500 g/mol. The van der Waals surface area contributed by atoms with Crippen LogP contribution < -0.4 is 47.9 Å². The number of halogens is 3. The van der Waals surface area contributed by atoms with Crippen molar-refractivity contribution in [3.8, 4) is 5.69 Å².